The molecule has 1 saturated carbocycles. The molecule has 0 aliphatic heterocycles. The highest BCUT2D eigenvalue weighted by Crippen LogP contribution is 2.48. The summed E-state index contributed by atoms with van der Waals surface area (Å²) in [6.07, 6.45) is 1.26. The quantitative estimate of drug-likeness (QED) is 0.576. The van der Waals surface area contributed by atoms with Crippen molar-refractivity contribution in [2.24, 2.45) is 5.41 Å². The van der Waals surface area contributed by atoms with Gasteiger partial charge in [-0.25, -0.2) is 4.39 Å². The Labute approximate surface area is 48.5 Å². The summed E-state index contributed by atoms with van der Waals surface area (Å²) in [6, 6.07) is 0. The Kier molecular flexibility index (Phi) is 1.27. The molecule has 1 aliphatic carbocycles. The smallest absolute Gasteiger partial charge is 0.116 e. The van der Waals surface area contributed by atoms with Crippen molar-refractivity contribution in [2.45, 2.75) is 25.9 Å². The first-order chi connectivity index (χ1) is 3.69. The second-order valence-corrected chi connectivity index (χ2v) is 2.82. The number of alkyl halides is 1. The molecule has 8 heavy (non-hydrogen) atoms. The molecule has 0 aromatic rings. The first-order valence-electron chi connectivity index (χ1n) is 2.93. The molecule has 1 nitrogen and oxygen atoms in total. The van der Waals surface area contributed by atoms with Gasteiger partial charge < -0.3 is 5.11 Å². The molecule has 0 heterocycles. The van der Waals surface area contributed by atoms with E-state index < -0.39 is 12.8 Å². The Morgan fingerprint density at radius 1 is 1.75 bits per heavy atom. The van der Waals surface area contributed by atoms with Crippen molar-refractivity contribution < 1.29 is 9.50 Å². The van der Waals surface area contributed by atoms with E-state index in [1.54, 1.807) is 0 Å². The zero-order valence-corrected chi connectivity index (χ0v) is 5.02. The summed E-state index contributed by atoms with van der Waals surface area (Å²) in [5.74, 6) is 0. The fraction of sp³-hybridized carbons (Fsp3) is 1.00. The van der Waals surface area contributed by atoms with Crippen LogP contribution < -0.4 is 0 Å². The van der Waals surface area contributed by atoms with E-state index in [1.165, 1.54) is 0 Å². The van der Waals surface area contributed by atoms with Gasteiger partial charge in [-0.15, -0.1) is 0 Å². The zero-order chi connectivity index (χ0) is 6.20. The minimum Gasteiger partial charge on any atom is -0.390 e. The van der Waals surface area contributed by atoms with E-state index >= 15 is 0 Å². The van der Waals surface area contributed by atoms with Gasteiger partial charge >= 0.3 is 0 Å². The summed E-state index contributed by atoms with van der Waals surface area (Å²) in [6.45, 7) is 1.33. The maximum atomic E-state index is 11.7. The summed E-state index contributed by atoms with van der Waals surface area (Å²) in [5.41, 5.74) is -0.0608. The minimum absolute atomic E-state index is 0.0608. The molecule has 2 heteroatoms. The van der Waals surface area contributed by atoms with Gasteiger partial charge in [-0.2, -0.15) is 0 Å². The first-order valence-corrected chi connectivity index (χ1v) is 2.93. The molecule has 1 N–H and O–H groups in total. The Morgan fingerprint density at radius 2 is 2.25 bits per heavy atom. The fourth-order valence-electron chi connectivity index (χ4n) is 0.717. The second-order valence-electron chi connectivity index (χ2n) is 2.82. The van der Waals surface area contributed by atoms with Crippen LogP contribution in [0.3, 0.4) is 0 Å². The Hall–Kier alpha value is -0.110. The van der Waals surface area contributed by atoms with E-state index in [9.17, 15) is 4.39 Å². The average Bonchev–Trinajstić information content (AvgIpc) is 2.47. The minimum atomic E-state index is -0.706. The van der Waals surface area contributed by atoms with Gasteiger partial charge in [0.05, 0.1) is 6.10 Å². The monoisotopic (exact) mass is 118 g/mol. The summed E-state index contributed by atoms with van der Waals surface area (Å²) in [5, 5.41) is 8.88. The van der Waals surface area contributed by atoms with Crippen molar-refractivity contribution in [1.82, 2.24) is 0 Å². The van der Waals surface area contributed by atoms with Crippen molar-refractivity contribution in [3.8, 4) is 0 Å². The molecule has 0 aromatic heterocycles. The van der Waals surface area contributed by atoms with Crippen LogP contribution in [0, 0.1) is 5.41 Å². The molecule has 0 spiro atoms. The van der Waals surface area contributed by atoms with Crippen LogP contribution in [0.2, 0.25) is 0 Å². The third-order valence-corrected chi connectivity index (χ3v) is 1.99. The lowest BCUT2D eigenvalue weighted by Crippen LogP contribution is -2.20. The van der Waals surface area contributed by atoms with Gasteiger partial charge in [0, 0.05) is 0 Å². The zero-order valence-electron chi connectivity index (χ0n) is 5.02. The largest absolute Gasteiger partial charge is 0.390 e. The molecule has 0 radical (unpaired) electrons. The van der Waals surface area contributed by atoms with Crippen molar-refractivity contribution in [3.05, 3.63) is 0 Å². The molecular weight excluding hydrogens is 107 g/mol. The number of hydrogen-bond acceptors (Lipinski definition) is 1. The Balaban J connectivity index is 2.34. The van der Waals surface area contributed by atoms with E-state index in [2.05, 4.69) is 0 Å². The second kappa shape index (κ2) is 1.69. The van der Waals surface area contributed by atoms with Crippen molar-refractivity contribution in [2.75, 3.05) is 6.67 Å². The van der Waals surface area contributed by atoms with Gasteiger partial charge in [-0.05, 0) is 18.3 Å². The highest BCUT2D eigenvalue weighted by Gasteiger charge is 2.43. The van der Waals surface area contributed by atoms with Gasteiger partial charge in [0.1, 0.15) is 6.67 Å². The van der Waals surface area contributed by atoms with Crippen LogP contribution in [0.15, 0.2) is 0 Å². The van der Waals surface area contributed by atoms with Gasteiger partial charge in [0.2, 0.25) is 0 Å². The van der Waals surface area contributed by atoms with Crippen LogP contribution in [0.4, 0.5) is 4.39 Å². The maximum Gasteiger partial charge on any atom is 0.116 e. The lowest BCUT2D eigenvalue weighted by molar-refractivity contribution is 0.0761. The van der Waals surface area contributed by atoms with Gasteiger partial charge in [-0.3, -0.25) is 0 Å². The van der Waals surface area contributed by atoms with E-state index in [-0.39, 0.29) is 5.41 Å². The number of rotatable bonds is 2. The van der Waals surface area contributed by atoms with Gasteiger partial charge in [-0.1, -0.05) is 6.92 Å². The number of hydrogen-bond donors (Lipinski definition) is 1. The SMILES string of the molecule is CC1(C(O)CF)CC1. The molecule has 0 saturated heterocycles. The number of aliphatic hydroxyl groups excluding tert-OH is 1. The van der Waals surface area contributed by atoms with Crippen LogP contribution in [-0.2, 0) is 0 Å². The molecule has 0 amide bonds. The summed E-state index contributed by atoms with van der Waals surface area (Å²) < 4.78 is 11.7. The van der Waals surface area contributed by atoms with Crippen molar-refractivity contribution in [1.29, 1.82) is 0 Å². The summed E-state index contributed by atoms with van der Waals surface area (Å²) in [4.78, 5) is 0. The van der Waals surface area contributed by atoms with Crippen LogP contribution in [0.25, 0.3) is 0 Å². The van der Waals surface area contributed by atoms with Crippen molar-refractivity contribution >= 4 is 0 Å². The Morgan fingerprint density at radius 3 is 2.38 bits per heavy atom. The van der Waals surface area contributed by atoms with E-state index in [4.69, 9.17) is 5.11 Å². The third-order valence-electron chi connectivity index (χ3n) is 1.99. The molecule has 1 aliphatic rings. The number of aliphatic hydroxyl groups is 1. The predicted octanol–water partition coefficient (Wildman–Crippen LogP) is 1.12. The molecule has 0 aromatic carbocycles. The molecule has 0 bridgehead atoms. The van der Waals surface area contributed by atoms with Crippen LogP contribution in [-0.4, -0.2) is 17.9 Å². The number of halogens is 1. The fourth-order valence-corrected chi connectivity index (χ4v) is 0.717. The highest BCUT2D eigenvalue weighted by atomic mass is 19.1. The van der Waals surface area contributed by atoms with E-state index in [0.29, 0.717) is 0 Å². The lowest BCUT2D eigenvalue weighted by atomic mass is 10.0. The first kappa shape index (κ1) is 6.02. The average molecular weight is 118 g/mol. The van der Waals surface area contributed by atoms with Crippen molar-refractivity contribution in [3.63, 3.8) is 0 Å². The standard InChI is InChI=1S/C6H11FO/c1-6(2-3-6)5(8)4-7/h5,8H,2-4H2,1H3. The highest BCUT2D eigenvalue weighted by molar-refractivity contribution is 4.94. The van der Waals surface area contributed by atoms with Crippen LogP contribution in [0.1, 0.15) is 19.8 Å². The van der Waals surface area contributed by atoms with E-state index in [1.807, 2.05) is 6.92 Å². The van der Waals surface area contributed by atoms with Crippen LogP contribution >= 0.6 is 0 Å². The van der Waals surface area contributed by atoms with Gasteiger partial charge in [0.15, 0.2) is 0 Å². The summed E-state index contributed by atoms with van der Waals surface area (Å²) >= 11 is 0. The maximum absolute atomic E-state index is 11.7. The molecular formula is C6H11FO. The van der Waals surface area contributed by atoms with Crippen LogP contribution in [0.5, 0.6) is 0 Å². The van der Waals surface area contributed by atoms with E-state index in [0.717, 1.165) is 12.8 Å². The predicted molar refractivity (Wildman–Crippen MR) is 29.3 cm³/mol. The van der Waals surface area contributed by atoms with Gasteiger partial charge in [0.25, 0.3) is 0 Å². The Bertz CT molecular complexity index is 88.5. The third kappa shape index (κ3) is 0.848. The molecule has 48 valence electrons. The molecule has 1 atom stereocenters. The topological polar surface area (TPSA) is 20.2 Å². The molecule has 1 rings (SSSR count). The molecule has 1 fully saturated rings. The summed E-state index contributed by atoms with van der Waals surface area (Å²) in [7, 11) is 0. The normalized spacial score (nSPS) is 27.4. The lowest BCUT2D eigenvalue weighted by Gasteiger charge is -2.11. The molecule has 1 unspecified atom stereocenters.